The summed E-state index contributed by atoms with van der Waals surface area (Å²) < 4.78 is 0. The molecule has 1 saturated heterocycles. The summed E-state index contributed by atoms with van der Waals surface area (Å²) in [6.07, 6.45) is 5.08. The predicted molar refractivity (Wildman–Crippen MR) is 144 cm³/mol. The molecule has 1 aromatic carbocycles. The van der Waals surface area contributed by atoms with E-state index in [2.05, 4.69) is 68.3 Å². The third kappa shape index (κ3) is 5.64. The van der Waals surface area contributed by atoms with Gasteiger partial charge in [0.15, 0.2) is 0 Å². The Bertz CT molecular complexity index is 1020. The average molecular weight is 496 g/mol. The molecule has 0 bridgehead atoms. The van der Waals surface area contributed by atoms with E-state index in [9.17, 15) is 9.59 Å². The van der Waals surface area contributed by atoms with Gasteiger partial charge in [-0.25, -0.2) is 0 Å². The van der Waals surface area contributed by atoms with Crippen molar-refractivity contribution in [2.24, 2.45) is 5.92 Å². The molecule has 2 aromatic rings. The highest BCUT2D eigenvalue weighted by Gasteiger charge is 2.35. The maximum absolute atomic E-state index is 13.5. The molecular formula is C29H41N3O2S. The summed E-state index contributed by atoms with van der Waals surface area (Å²) in [6.45, 7) is 11.8. The molecule has 3 heterocycles. The molecule has 2 aliphatic rings. The van der Waals surface area contributed by atoms with Crippen LogP contribution < -0.4 is 0 Å². The van der Waals surface area contributed by atoms with Gasteiger partial charge in [-0.15, -0.1) is 11.3 Å². The average Bonchev–Trinajstić information content (AvgIpc) is 3.33. The van der Waals surface area contributed by atoms with Crippen molar-refractivity contribution in [2.45, 2.75) is 71.9 Å². The fourth-order valence-corrected chi connectivity index (χ4v) is 6.67. The SMILES string of the molecule is CCCCC(CC)C(=O)N1CCN(C(=O)CN2CCc3sccc3C2c2ccccc2C)CC1C. The van der Waals surface area contributed by atoms with Crippen LogP contribution in [-0.2, 0) is 16.0 Å². The number of carbonyl (C=O) groups excluding carboxylic acids is 2. The first-order valence-corrected chi connectivity index (χ1v) is 14.3. The first-order valence-electron chi connectivity index (χ1n) is 13.4. The molecule has 1 fully saturated rings. The van der Waals surface area contributed by atoms with Gasteiger partial charge in [0.05, 0.1) is 12.6 Å². The van der Waals surface area contributed by atoms with E-state index in [1.54, 1.807) is 0 Å². The molecule has 3 atom stereocenters. The second-order valence-corrected chi connectivity index (χ2v) is 11.2. The molecule has 0 radical (unpaired) electrons. The van der Waals surface area contributed by atoms with Gasteiger partial charge in [-0.05, 0) is 61.2 Å². The number of benzene rings is 1. The number of thiophene rings is 1. The summed E-state index contributed by atoms with van der Waals surface area (Å²) >= 11 is 1.83. The molecular weight excluding hydrogens is 454 g/mol. The molecule has 4 rings (SSSR count). The number of piperazine rings is 1. The third-order valence-corrected chi connectivity index (χ3v) is 8.90. The molecule has 0 aliphatic carbocycles. The number of amides is 2. The zero-order chi connectivity index (χ0) is 24.9. The molecule has 2 aliphatic heterocycles. The maximum Gasteiger partial charge on any atom is 0.236 e. The van der Waals surface area contributed by atoms with Crippen molar-refractivity contribution in [3.63, 3.8) is 0 Å². The molecule has 6 heteroatoms. The fourth-order valence-electron chi connectivity index (χ4n) is 5.77. The second-order valence-electron chi connectivity index (χ2n) is 10.2. The Labute approximate surface area is 215 Å². The van der Waals surface area contributed by atoms with Crippen LogP contribution in [0.3, 0.4) is 0 Å². The van der Waals surface area contributed by atoms with Gasteiger partial charge in [0.25, 0.3) is 0 Å². The smallest absolute Gasteiger partial charge is 0.236 e. The first kappa shape index (κ1) is 25.9. The zero-order valence-corrected chi connectivity index (χ0v) is 22.7. The van der Waals surface area contributed by atoms with Gasteiger partial charge in [0.1, 0.15) is 0 Å². The standard InChI is InChI=1S/C29H41N3O2S/c1-5-7-11-23(6-2)29(34)32-17-16-30(19-22(32)4)27(33)20-31-15-13-26-25(14-18-35-26)28(31)24-12-9-8-10-21(24)3/h8-10,12,14,18,22-23,28H,5-7,11,13,15-17,19-20H2,1-4H3. The normalized spacial score (nSPS) is 21.6. The molecule has 0 spiro atoms. The van der Waals surface area contributed by atoms with Crippen LogP contribution in [0, 0.1) is 12.8 Å². The molecule has 35 heavy (non-hydrogen) atoms. The number of hydrogen-bond donors (Lipinski definition) is 0. The number of rotatable bonds is 8. The monoisotopic (exact) mass is 495 g/mol. The zero-order valence-electron chi connectivity index (χ0n) is 21.8. The minimum Gasteiger partial charge on any atom is -0.338 e. The number of carbonyl (C=O) groups is 2. The van der Waals surface area contributed by atoms with E-state index in [1.807, 2.05) is 21.1 Å². The quantitative estimate of drug-likeness (QED) is 0.500. The van der Waals surface area contributed by atoms with Gasteiger partial charge in [0.2, 0.25) is 11.8 Å². The topological polar surface area (TPSA) is 43.9 Å². The summed E-state index contributed by atoms with van der Waals surface area (Å²) in [6, 6.07) is 11.0. The van der Waals surface area contributed by atoms with E-state index in [-0.39, 0.29) is 29.8 Å². The van der Waals surface area contributed by atoms with Crippen LogP contribution in [-0.4, -0.2) is 65.3 Å². The summed E-state index contributed by atoms with van der Waals surface area (Å²) in [7, 11) is 0. The van der Waals surface area contributed by atoms with Crippen LogP contribution in [0.15, 0.2) is 35.7 Å². The van der Waals surface area contributed by atoms with E-state index in [0.717, 1.165) is 38.6 Å². The molecule has 0 N–H and O–H groups in total. The Morgan fingerprint density at radius 2 is 1.89 bits per heavy atom. The van der Waals surface area contributed by atoms with Crippen molar-refractivity contribution < 1.29 is 9.59 Å². The van der Waals surface area contributed by atoms with Crippen molar-refractivity contribution in [1.29, 1.82) is 0 Å². The fraction of sp³-hybridized carbons (Fsp3) is 0.586. The lowest BCUT2D eigenvalue weighted by atomic mass is 9.90. The van der Waals surface area contributed by atoms with Crippen molar-refractivity contribution in [3.8, 4) is 0 Å². The minimum absolute atomic E-state index is 0.0628. The van der Waals surface area contributed by atoms with Gasteiger partial charge in [-0.3, -0.25) is 14.5 Å². The predicted octanol–water partition coefficient (Wildman–Crippen LogP) is 5.28. The van der Waals surface area contributed by atoms with Crippen molar-refractivity contribution in [3.05, 3.63) is 57.3 Å². The van der Waals surface area contributed by atoms with E-state index < -0.39 is 0 Å². The number of aryl methyl sites for hydroxylation is 1. The summed E-state index contributed by atoms with van der Waals surface area (Å²) in [5.74, 6) is 0.572. The Kier molecular flexibility index (Phi) is 8.66. The lowest BCUT2D eigenvalue weighted by Gasteiger charge is -2.43. The number of hydrogen-bond acceptors (Lipinski definition) is 4. The van der Waals surface area contributed by atoms with E-state index >= 15 is 0 Å². The molecule has 0 saturated carbocycles. The summed E-state index contributed by atoms with van der Waals surface area (Å²) in [5, 5.41) is 2.18. The Hall–Kier alpha value is -2.18. The van der Waals surface area contributed by atoms with Crippen LogP contribution in [0.2, 0.25) is 0 Å². The van der Waals surface area contributed by atoms with Crippen LogP contribution in [0.4, 0.5) is 0 Å². The van der Waals surface area contributed by atoms with E-state index in [1.165, 1.54) is 21.6 Å². The van der Waals surface area contributed by atoms with Crippen LogP contribution in [0.5, 0.6) is 0 Å². The highest BCUT2D eigenvalue weighted by molar-refractivity contribution is 7.10. The summed E-state index contributed by atoms with van der Waals surface area (Å²) in [4.78, 5) is 34.5. The first-order chi connectivity index (χ1) is 16.9. The highest BCUT2D eigenvalue weighted by atomic mass is 32.1. The van der Waals surface area contributed by atoms with Crippen LogP contribution in [0.25, 0.3) is 0 Å². The highest BCUT2D eigenvalue weighted by Crippen LogP contribution is 2.38. The largest absolute Gasteiger partial charge is 0.338 e. The molecule has 190 valence electrons. The van der Waals surface area contributed by atoms with Gasteiger partial charge in [0, 0.05) is 43.0 Å². The molecule has 5 nitrogen and oxygen atoms in total. The molecule has 1 aromatic heterocycles. The van der Waals surface area contributed by atoms with Crippen LogP contribution >= 0.6 is 11.3 Å². The van der Waals surface area contributed by atoms with Gasteiger partial charge < -0.3 is 9.80 Å². The summed E-state index contributed by atoms with van der Waals surface area (Å²) in [5.41, 5.74) is 3.91. The van der Waals surface area contributed by atoms with Crippen LogP contribution in [0.1, 0.15) is 74.1 Å². The minimum atomic E-state index is 0.0628. The second kappa shape index (κ2) is 11.7. The maximum atomic E-state index is 13.5. The Morgan fingerprint density at radius 1 is 1.09 bits per heavy atom. The Balaban J connectivity index is 1.43. The number of nitrogens with zero attached hydrogens (tertiary/aromatic N) is 3. The molecule has 2 amide bonds. The lowest BCUT2D eigenvalue weighted by molar-refractivity contribution is -0.146. The van der Waals surface area contributed by atoms with Crippen molar-refractivity contribution in [2.75, 3.05) is 32.7 Å². The van der Waals surface area contributed by atoms with Gasteiger partial charge in [-0.2, -0.15) is 0 Å². The number of unbranched alkanes of at least 4 members (excludes halogenated alkanes) is 1. The van der Waals surface area contributed by atoms with Crippen molar-refractivity contribution in [1.82, 2.24) is 14.7 Å². The van der Waals surface area contributed by atoms with Gasteiger partial charge in [-0.1, -0.05) is 51.0 Å². The van der Waals surface area contributed by atoms with E-state index in [4.69, 9.17) is 0 Å². The van der Waals surface area contributed by atoms with Crippen molar-refractivity contribution >= 4 is 23.2 Å². The Morgan fingerprint density at radius 3 is 2.60 bits per heavy atom. The number of fused-ring (bicyclic) bond motifs is 1. The third-order valence-electron chi connectivity index (χ3n) is 7.90. The van der Waals surface area contributed by atoms with Gasteiger partial charge >= 0.3 is 0 Å². The van der Waals surface area contributed by atoms with E-state index in [0.29, 0.717) is 26.2 Å². The molecule has 3 unspecified atom stereocenters. The lowest BCUT2D eigenvalue weighted by Crippen LogP contribution is -2.58.